The second-order valence-electron chi connectivity index (χ2n) is 3.34. The Morgan fingerprint density at radius 2 is 2.47 bits per heavy atom. The van der Waals surface area contributed by atoms with E-state index in [4.69, 9.17) is 0 Å². The summed E-state index contributed by atoms with van der Waals surface area (Å²) >= 11 is 1.11. The van der Waals surface area contributed by atoms with Crippen LogP contribution in [-0.2, 0) is 13.5 Å². The summed E-state index contributed by atoms with van der Waals surface area (Å²) in [4.78, 5) is 4.19. The Balaban J connectivity index is 1.91. The highest BCUT2D eigenvalue weighted by Gasteiger charge is 2.11. The lowest BCUT2D eigenvalue weighted by molar-refractivity contribution is 0.163. The highest BCUT2D eigenvalue weighted by Crippen LogP contribution is 2.16. The summed E-state index contributed by atoms with van der Waals surface area (Å²) in [7, 11) is 1.94. The van der Waals surface area contributed by atoms with Gasteiger partial charge in [0, 0.05) is 25.9 Å². The molecule has 0 bridgehead atoms. The lowest BCUT2D eigenvalue weighted by atomic mass is 10.1. The maximum atomic E-state index is 9.77. The Hall–Kier alpha value is -1.27. The summed E-state index contributed by atoms with van der Waals surface area (Å²) < 4.78 is 9.80. The van der Waals surface area contributed by atoms with E-state index in [1.54, 1.807) is 12.4 Å². The molecular formula is C9H12N4OS. The highest BCUT2D eigenvalue weighted by molar-refractivity contribution is 6.99. The number of rotatable bonds is 4. The van der Waals surface area contributed by atoms with E-state index < -0.39 is 6.10 Å². The van der Waals surface area contributed by atoms with Crippen LogP contribution in [0.15, 0.2) is 18.6 Å². The summed E-state index contributed by atoms with van der Waals surface area (Å²) in [6, 6.07) is 0. The average Bonchev–Trinajstić information content (AvgIpc) is 2.85. The first-order valence-corrected chi connectivity index (χ1v) is 5.42. The van der Waals surface area contributed by atoms with Gasteiger partial charge in [-0.15, -0.1) is 0 Å². The van der Waals surface area contributed by atoms with E-state index in [9.17, 15) is 5.11 Å². The molecule has 0 aliphatic heterocycles. The van der Waals surface area contributed by atoms with Crippen LogP contribution in [0.5, 0.6) is 0 Å². The molecule has 2 rings (SSSR count). The lowest BCUT2D eigenvalue weighted by Crippen LogP contribution is -2.03. The first-order valence-electron chi connectivity index (χ1n) is 4.69. The molecule has 80 valence electrons. The van der Waals surface area contributed by atoms with Crippen LogP contribution in [0.1, 0.15) is 24.0 Å². The topological polar surface area (TPSA) is 63.8 Å². The minimum atomic E-state index is -0.541. The maximum Gasteiger partial charge on any atom is 0.108 e. The van der Waals surface area contributed by atoms with Crippen LogP contribution in [-0.4, -0.2) is 23.4 Å². The van der Waals surface area contributed by atoms with Crippen LogP contribution >= 0.6 is 11.7 Å². The zero-order valence-electron chi connectivity index (χ0n) is 8.37. The minimum Gasteiger partial charge on any atom is -0.387 e. The highest BCUT2D eigenvalue weighted by atomic mass is 32.1. The molecule has 0 radical (unpaired) electrons. The van der Waals surface area contributed by atoms with Crippen molar-refractivity contribution in [3.63, 3.8) is 0 Å². The van der Waals surface area contributed by atoms with Gasteiger partial charge in [0.1, 0.15) is 11.5 Å². The number of aromatic nitrogens is 4. The van der Waals surface area contributed by atoms with Gasteiger partial charge in [-0.25, -0.2) is 4.98 Å². The van der Waals surface area contributed by atoms with Crippen molar-refractivity contribution >= 4 is 11.7 Å². The quantitative estimate of drug-likeness (QED) is 0.839. The first kappa shape index (κ1) is 10.3. The molecule has 0 fully saturated rings. The molecule has 0 saturated carbocycles. The molecule has 1 N–H and O–H groups in total. The molecule has 2 aromatic rings. The molecule has 6 heteroatoms. The van der Waals surface area contributed by atoms with Crippen LogP contribution in [0, 0.1) is 0 Å². The Morgan fingerprint density at radius 1 is 1.60 bits per heavy atom. The van der Waals surface area contributed by atoms with E-state index >= 15 is 0 Å². The molecule has 2 heterocycles. The molecule has 0 amide bonds. The number of nitrogens with zero attached hydrogens (tertiary/aromatic N) is 4. The summed E-state index contributed by atoms with van der Waals surface area (Å²) in [5.41, 5.74) is 0.647. The van der Waals surface area contributed by atoms with Gasteiger partial charge < -0.3 is 9.67 Å². The van der Waals surface area contributed by atoms with Crippen LogP contribution in [0.3, 0.4) is 0 Å². The van der Waals surface area contributed by atoms with Gasteiger partial charge in [-0.2, -0.15) is 8.75 Å². The summed E-state index contributed by atoms with van der Waals surface area (Å²) in [6.07, 6.45) is 6.07. The Morgan fingerprint density at radius 3 is 3.07 bits per heavy atom. The molecule has 1 atom stereocenters. The molecule has 0 aromatic carbocycles. The van der Waals surface area contributed by atoms with Crippen molar-refractivity contribution in [3.8, 4) is 0 Å². The van der Waals surface area contributed by atoms with Crippen LogP contribution in [0.25, 0.3) is 0 Å². The number of hydrogen-bond donors (Lipinski definition) is 1. The van der Waals surface area contributed by atoms with Crippen molar-refractivity contribution in [2.24, 2.45) is 7.05 Å². The normalized spacial score (nSPS) is 12.9. The molecule has 2 aromatic heterocycles. The van der Waals surface area contributed by atoms with Crippen molar-refractivity contribution in [2.75, 3.05) is 0 Å². The number of hydrogen-bond acceptors (Lipinski definition) is 5. The first-order chi connectivity index (χ1) is 7.27. The fraction of sp³-hybridized carbons (Fsp3) is 0.444. The van der Waals surface area contributed by atoms with E-state index in [0.29, 0.717) is 12.1 Å². The summed E-state index contributed by atoms with van der Waals surface area (Å²) in [6.45, 7) is 0. The second-order valence-corrected chi connectivity index (χ2v) is 3.90. The summed E-state index contributed by atoms with van der Waals surface area (Å²) in [5, 5.41) is 9.77. The standard InChI is InChI=1S/C9H12N4OS/c1-13-5-4-10-9(13)3-2-8(14)7-6-11-15-12-7/h4-6,8,14H,2-3H2,1H3. The van der Waals surface area contributed by atoms with Gasteiger partial charge in [0.15, 0.2) is 0 Å². The van der Waals surface area contributed by atoms with Crippen LogP contribution < -0.4 is 0 Å². The fourth-order valence-electron chi connectivity index (χ4n) is 1.37. The van der Waals surface area contributed by atoms with Gasteiger partial charge in [0.05, 0.1) is 24.0 Å². The number of imidazole rings is 1. The molecule has 1 unspecified atom stereocenters. The largest absolute Gasteiger partial charge is 0.387 e. The van der Waals surface area contributed by atoms with Gasteiger partial charge in [-0.1, -0.05) is 0 Å². The molecule has 0 aliphatic carbocycles. The molecule has 0 spiro atoms. The fourth-order valence-corrected chi connectivity index (χ4v) is 1.84. The van der Waals surface area contributed by atoms with Gasteiger partial charge in [-0.05, 0) is 6.42 Å². The Labute approximate surface area is 91.7 Å². The molecular weight excluding hydrogens is 212 g/mol. The predicted octanol–water partition coefficient (Wildman–Crippen LogP) is 0.938. The van der Waals surface area contributed by atoms with Crippen molar-refractivity contribution in [3.05, 3.63) is 30.1 Å². The monoisotopic (exact) mass is 224 g/mol. The van der Waals surface area contributed by atoms with Crippen LogP contribution in [0.4, 0.5) is 0 Å². The third-order valence-corrected chi connectivity index (χ3v) is 2.77. The minimum absolute atomic E-state index is 0.541. The number of aliphatic hydroxyl groups is 1. The zero-order valence-corrected chi connectivity index (χ0v) is 9.18. The van der Waals surface area contributed by atoms with Gasteiger partial charge in [-0.3, -0.25) is 0 Å². The SMILES string of the molecule is Cn1ccnc1CCC(O)c1cnsn1. The van der Waals surface area contributed by atoms with Crippen molar-refractivity contribution in [1.82, 2.24) is 18.3 Å². The van der Waals surface area contributed by atoms with E-state index in [0.717, 1.165) is 24.0 Å². The Kier molecular flexibility index (Phi) is 3.08. The summed E-state index contributed by atoms with van der Waals surface area (Å²) in [5.74, 6) is 0.970. The van der Waals surface area contributed by atoms with E-state index in [1.165, 1.54) is 0 Å². The molecule has 0 aliphatic rings. The molecule has 5 nitrogen and oxygen atoms in total. The predicted molar refractivity (Wildman–Crippen MR) is 56.4 cm³/mol. The smallest absolute Gasteiger partial charge is 0.108 e. The van der Waals surface area contributed by atoms with E-state index in [1.807, 2.05) is 17.8 Å². The average molecular weight is 224 g/mol. The molecule has 15 heavy (non-hydrogen) atoms. The van der Waals surface area contributed by atoms with Gasteiger partial charge in [0.2, 0.25) is 0 Å². The molecule has 0 saturated heterocycles. The number of aryl methyl sites for hydroxylation is 2. The van der Waals surface area contributed by atoms with Crippen molar-refractivity contribution in [1.29, 1.82) is 0 Å². The van der Waals surface area contributed by atoms with Crippen molar-refractivity contribution < 1.29 is 5.11 Å². The zero-order chi connectivity index (χ0) is 10.7. The Bertz CT molecular complexity index is 411. The van der Waals surface area contributed by atoms with Crippen LogP contribution in [0.2, 0.25) is 0 Å². The van der Waals surface area contributed by atoms with E-state index in [-0.39, 0.29) is 0 Å². The third kappa shape index (κ3) is 2.40. The maximum absolute atomic E-state index is 9.77. The van der Waals surface area contributed by atoms with Gasteiger partial charge in [0.25, 0.3) is 0 Å². The third-order valence-electron chi connectivity index (χ3n) is 2.28. The van der Waals surface area contributed by atoms with E-state index in [2.05, 4.69) is 13.7 Å². The van der Waals surface area contributed by atoms with Gasteiger partial charge >= 0.3 is 0 Å². The lowest BCUT2D eigenvalue weighted by Gasteiger charge is -2.06. The van der Waals surface area contributed by atoms with Crippen molar-refractivity contribution in [2.45, 2.75) is 18.9 Å². The number of aliphatic hydroxyl groups excluding tert-OH is 1. The second kappa shape index (κ2) is 4.50.